The molecule has 2 rings (SSSR count). The number of benzene rings is 2. The molecule has 18 heavy (non-hydrogen) atoms. The fourth-order valence-electron chi connectivity index (χ4n) is 1.81. The Kier molecular flexibility index (Phi) is 4.37. The molecule has 0 aliphatic rings. The first-order valence-electron chi connectivity index (χ1n) is 6.15. The van der Waals surface area contributed by atoms with Crippen LogP contribution >= 0.6 is 0 Å². The molecule has 0 amide bonds. The molecule has 2 nitrogen and oxygen atoms in total. The highest BCUT2D eigenvalue weighted by Gasteiger charge is 2.11. The van der Waals surface area contributed by atoms with Crippen LogP contribution in [0.25, 0.3) is 0 Å². The van der Waals surface area contributed by atoms with Crippen molar-refractivity contribution < 1.29 is 9.84 Å². The Balaban J connectivity index is 1.99. The van der Waals surface area contributed by atoms with Gasteiger partial charge in [-0.15, -0.1) is 0 Å². The summed E-state index contributed by atoms with van der Waals surface area (Å²) in [6.07, 6.45) is 0. The molecular weight excluding hydrogens is 224 g/mol. The minimum Gasteiger partial charge on any atom is -0.493 e. The molecule has 1 unspecified atom stereocenters. The molecule has 0 bridgehead atoms. The molecule has 2 aromatic carbocycles. The second-order valence-corrected chi connectivity index (χ2v) is 4.41. The molecule has 2 aromatic rings. The molecular formula is C16H18O2. The Morgan fingerprint density at radius 1 is 1.00 bits per heavy atom. The van der Waals surface area contributed by atoms with Gasteiger partial charge < -0.3 is 9.84 Å². The van der Waals surface area contributed by atoms with Crippen molar-refractivity contribution in [1.29, 1.82) is 0 Å². The summed E-state index contributed by atoms with van der Waals surface area (Å²) in [5.41, 5.74) is 2.33. The molecule has 1 atom stereocenters. The van der Waals surface area contributed by atoms with E-state index in [0.717, 1.165) is 11.3 Å². The maximum absolute atomic E-state index is 9.45. The minimum atomic E-state index is 0.0193. The van der Waals surface area contributed by atoms with Gasteiger partial charge in [0.05, 0.1) is 13.2 Å². The van der Waals surface area contributed by atoms with E-state index in [1.54, 1.807) is 0 Å². The highest BCUT2D eigenvalue weighted by Crippen LogP contribution is 2.18. The lowest BCUT2D eigenvalue weighted by Gasteiger charge is -2.16. The number of rotatable bonds is 5. The predicted octanol–water partition coefficient (Wildman–Crippen LogP) is 3.15. The number of para-hydroxylation sites is 1. The van der Waals surface area contributed by atoms with Crippen molar-refractivity contribution >= 4 is 0 Å². The molecule has 1 N–H and O–H groups in total. The molecule has 0 heterocycles. The summed E-state index contributed by atoms with van der Waals surface area (Å²) in [7, 11) is 0. The first-order chi connectivity index (χ1) is 8.79. The van der Waals surface area contributed by atoms with Crippen LogP contribution in [0.2, 0.25) is 0 Å². The van der Waals surface area contributed by atoms with E-state index in [1.165, 1.54) is 5.56 Å². The van der Waals surface area contributed by atoms with E-state index in [0.29, 0.717) is 6.61 Å². The molecule has 0 fully saturated rings. The molecule has 0 spiro atoms. The summed E-state index contributed by atoms with van der Waals surface area (Å²) in [6.45, 7) is 2.64. The van der Waals surface area contributed by atoms with Gasteiger partial charge in [-0.05, 0) is 24.6 Å². The second-order valence-electron chi connectivity index (χ2n) is 4.41. The Morgan fingerprint density at radius 3 is 2.28 bits per heavy atom. The smallest absolute Gasteiger partial charge is 0.119 e. The zero-order valence-corrected chi connectivity index (χ0v) is 10.5. The van der Waals surface area contributed by atoms with Gasteiger partial charge >= 0.3 is 0 Å². The fourth-order valence-corrected chi connectivity index (χ4v) is 1.81. The molecule has 0 saturated heterocycles. The summed E-state index contributed by atoms with van der Waals surface area (Å²) in [4.78, 5) is 0. The maximum atomic E-state index is 9.45. The van der Waals surface area contributed by atoms with Gasteiger partial charge in [-0.2, -0.15) is 0 Å². The fraction of sp³-hybridized carbons (Fsp3) is 0.250. The molecule has 0 radical (unpaired) electrons. The number of ether oxygens (including phenoxy) is 1. The highest BCUT2D eigenvalue weighted by atomic mass is 16.5. The van der Waals surface area contributed by atoms with E-state index < -0.39 is 0 Å². The van der Waals surface area contributed by atoms with Gasteiger partial charge in [0.1, 0.15) is 5.75 Å². The van der Waals surface area contributed by atoms with E-state index in [4.69, 9.17) is 4.74 Å². The third kappa shape index (κ3) is 3.34. The minimum absolute atomic E-state index is 0.0193. The Morgan fingerprint density at radius 2 is 1.67 bits per heavy atom. The number of hydrogen-bond donors (Lipinski definition) is 1. The molecule has 0 saturated carbocycles. The van der Waals surface area contributed by atoms with E-state index in [1.807, 2.05) is 42.5 Å². The van der Waals surface area contributed by atoms with Gasteiger partial charge in [-0.1, -0.05) is 48.0 Å². The Labute approximate surface area is 108 Å². The molecule has 0 aliphatic heterocycles. The number of hydrogen-bond acceptors (Lipinski definition) is 2. The largest absolute Gasteiger partial charge is 0.493 e. The number of aliphatic hydroxyl groups is 1. The van der Waals surface area contributed by atoms with Crippen LogP contribution < -0.4 is 4.74 Å². The summed E-state index contributed by atoms with van der Waals surface area (Å²) in [5.74, 6) is 0.855. The van der Waals surface area contributed by atoms with Crippen molar-refractivity contribution in [2.75, 3.05) is 13.2 Å². The van der Waals surface area contributed by atoms with Crippen LogP contribution in [0, 0.1) is 6.92 Å². The summed E-state index contributed by atoms with van der Waals surface area (Å²) in [5, 5.41) is 9.45. The topological polar surface area (TPSA) is 29.5 Å². The number of aliphatic hydroxyl groups excluding tert-OH is 1. The van der Waals surface area contributed by atoms with Crippen molar-refractivity contribution in [1.82, 2.24) is 0 Å². The van der Waals surface area contributed by atoms with Gasteiger partial charge in [0.15, 0.2) is 0 Å². The first-order valence-corrected chi connectivity index (χ1v) is 6.15. The van der Waals surface area contributed by atoms with Crippen LogP contribution in [0.3, 0.4) is 0 Å². The SMILES string of the molecule is Cc1ccc(C(CO)COc2ccccc2)cc1. The lowest BCUT2D eigenvalue weighted by Crippen LogP contribution is -2.14. The van der Waals surface area contributed by atoms with E-state index in [2.05, 4.69) is 19.1 Å². The zero-order chi connectivity index (χ0) is 12.8. The quantitative estimate of drug-likeness (QED) is 0.872. The van der Waals surface area contributed by atoms with Crippen LogP contribution in [0.1, 0.15) is 17.0 Å². The average molecular weight is 242 g/mol. The third-order valence-corrected chi connectivity index (χ3v) is 2.96. The second kappa shape index (κ2) is 6.22. The lowest BCUT2D eigenvalue weighted by molar-refractivity contribution is 0.205. The van der Waals surface area contributed by atoms with Crippen molar-refractivity contribution in [3.8, 4) is 5.75 Å². The van der Waals surface area contributed by atoms with Gasteiger partial charge in [0.2, 0.25) is 0 Å². The van der Waals surface area contributed by atoms with Crippen molar-refractivity contribution in [3.63, 3.8) is 0 Å². The van der Waals surface area contributed by atoms with Gasteiger partial charge in [-0.25, -0.2) is 0 Å². The van der Waals surface area contributed by atoms with Crippen molar-refractivity contribution in [2.24, 2.45) is 0 Å². The molecule has 2 heteroatoms. The standard InChI is InChI=1S/C16H18O2/c1-13-7-9-14(10-8-13)15(11-17)12-18-16-5-3-2-4-6-16/h2-10,15,17H,11-12H2,1H3. The Hall–Kier alpha value is -1.80. The maximum Gasteiger partial charge on any atom is 0.119 e. The molecule has 94 valence electrons. The van der Waals surface area contributed by atoms with Crippen LogP contribution in [0.5, 0.6) is 5.75 Å². The molecule has 0 aliphatic carbocycles. The monoisotopic (exact) mass is 242 g/mol. The average Bonchev–Trinajstić information content (AvgIpc) is 2.42. The lowest BCUT2D eigenvalue weighted by atomic mass is 10.00. The normalized spacial score (nSPS) is 12.1. The van der Waals surface area contributed by atoms with E-state index in [-0.39, 0.29) is 12.5 Å². The summed E-state index contributed by atoms with van der Waals surface area (Å²) in [6, 6.07) is 17.9. The van der Waals surface area contributed by atoms with Crippen molar-refractivity contribution in [2.45, 2.75) is 12.8 Å². The zero-order valence-electron chi connectivity index (χ0n) is 10.5. The van der Waals surface area contributed by atoms with Gasteiger partial charge in [0, 0.05) is 5.92 Å². The van der Waals surface area contributed by atoms with Crippen molar-refractivity contribution in [3.05, 3.63) is 65.7 Å². The number of aryl methyl sites for hydroxylation is 1. The van der Waals surface area contributed by atoms with Crippen LogP contribution in [0.4, 0.5) is 0 Å². The van der Waals surface area contributed by atoms with Crippen LogP contribution in [0.15, 0.2) is 54.6 Å². The van der Waals surface area contributed by atoms with Crippen LogP contribution in [-0.4, -0.2) is 18.3 Å². The predicted molar refractivity (Wildman–Crippen MR) is 72.9 cm³/mol. The van der Waals surface area contributed by atoms with E-state index in [9.17, 15) is 5.11 Å². The summed E-state index contributed by atoms with van der Waals surface area (Å²) >= 11 is 0. The highest BCUT2D eigenvalue weighted by molar-refractivity contribution is 5.25. The van der Waals surface area contributed by atoms with Gasteiger partial charge in [0.25, 0.3) is 0 Å². The summed E-state index contributed by atoms with van der Waals surface area (Å²) < 4.78 is 5.68. The first kappa shape index (κ1) is 12.7. The Bertz CT molecular complexity index is 462. The molecule has 0 aromatic heterocycles. The van der Waals surface area contributed by atoms with Crippen LogP contribution in [-0.2, 0) is 0 Å². The van der Waals surface area contributed by atoms with E-state index >= 15 is 0 Å². The van der Waals surface area contributed by atoms with Gasteiger partial charge in [-0.3, -0.25) is 0 Å². The third-order valence-electron chi connectivity index (χ3n) is 2.96.